The Hall–Kier alpha value is -4.92. The first-order valence-corrected chi connectivity index (χ1v) is 12.2. The zero-order chi connectivity index (χ0) is 27.4. The largest absolute Gasteiger partial charge is 0.502 e. The SMILES string of the molecule is COc1ccc2c(c1)c(/C=C1\Oc3c(ccc4c3[C@H](c3cc(OC)c(O)c(OC)c3)CC(=O)O4)C1=O)cn2C. The first-order chi connectivity index (χ1) is 18.8. The molecule has 3 heterocycles. The zero-order valence-electron chi connectivity index (χ0n) is 21.7. The number of nitrogens with zero attached hydrogens (tertiary/aromatic N) is 1. The Morgan fingerprint density at radius 3 is 2.41 bits per heavy atom. The summed E-state index contributed by atoms with van der Waals surface area (Å²) >= 11 is 0. The average molecular weight is 528 g/mol. The minimum absolute atomic E-state index is 0.000251. The van der Waals surface area contributed by atoms with Crippen molar-refractivity contribution in [1.29, 1.82) is 0 Å². The molecule has 0 saturated heterocycles. The van der Waals surface area contributed by atoms with Crippen LogP contribution in [0.3, 0.4) is 0 Å². The maximum Gasteiger partial charge on any atom is 0.312 e. The minimum Gasteiger partial charge on any atom is -0.502 e. The topological polar surface area (TPSA) is 105 Å². The molecule has 1 atom stereocenters. The number of rotatable bonds is 5. The second kappa shape index (κ2) is 9.13. The van der Waals surface area contributed by atoms with Gasteiger partial charge in [0.25, 0.3) is 0 Å². The average Bonchev–Trinajstić information content (AvgIpc) is 3.43. The molecule has 0 aliphatic carbocycles. The van der Waals surface area contributed by atoms with Crippen LogP contribution in [-0.4, -0.2) is 42.8 Å². The molecular formula is C30H25NO8. The maximum absolute atomic E-state index is 13.5. The molecule has 0 amide bonds. The highest BCUT2D eigenvalue weighted by molar-refractivity contribution is 6.15. The van der Waals surface area contributed by atoms with Gasteiger partial charge >= 0.3 is 5.97 Å². The lowest BCUT2D eigenvalue weighted by Crippen LogP contribution is -2.21. The minimum atomic E-state index is -0.534. The maximum atomic E-state index is 13.5. The lowest BCUT2D eigenvalue weighted by atomic mass is 9.84. The van der Waals surface area contributed by atoms with Gasteiger partial charge in [-0.3, -0.25) is 9.59 Å². The molecule has 2 aliphatic heterocycles. The van der Waals surface area contributed by atoms with Crippen LogP contribution in [0, 0.1) is 0 Å². The van der Waals surface area contributed by atoms with Crippen LogP contribution in [0.2, 0.25) is 0 Å². The van der Waals surface area contributed by atoms with E-state index in [1.807, 2.05) is 36.0 Å². The third kappa shape index (κ3) is 3.85. The summed E-state index contributed by atoms with van der Waals surface area (Å²) in [5, 5.41) is 11.3. The van der Waals surface area contributed by atoms with Crippen LogP contribution in [0.4, 0.5) is 0 Å². The van der Waals surface area contributed by atoms with Crippen molar-refractivity contribution in [3.05, 3.63) is 76.7 Å². The van der Waals surface area contributed by atoms with Gasteiger partial charge in [-0.25, -0.2) is 0 Å². The Labute approximate surface area is 223 Å². The van der Waals surface area contributed by atoms with Crippen LogP contribution in [0.15, 0.2) is 54.4 Å². The molecule has 9 nitrogen and oxygen atoms in total. The van der Waals surface area contributed by atoms with E-state index in [-0.39, 0.29) is 35.2 Å². The number of aryl methyl sites for hydroxylation is 1. The molecular weight excluding hydrogens is 502 g/mol. The number of ketones is 1. The fraction of sp³-hybridized carbons (Fsp3) is 0.200. The molecule has 4 aromatic rings. The number of ether oxygens (including phenoxy) is 5. The van der Waals surface area contributed by atoms with Crippen molar-refractivity contribution in [2.45, 2.75) is 12.3 Å². The number of Topliss-reactive ketones (excluding diaryl/α,β-unsaturated/α-hetero) is 1. The van der Waals surface area contributed by atoms with Gasteiger partial charge in [-0.15, -0.1) is 0 Å². The molecule has 39 heavy (non-hydrogen) atoms. The van der Waals surface area contributed by atoms with Gasteiger partial charge in [0.2, 0.25) is 11.5 Å². The molecule has 9 heteroatoms. The molecule has 2 aliphatic rings. The highest BCUT2D eigenvalue weighted by Gasteiger charge is 2.39. The number of hydrogen-bond acceptors (Lipinski definition) is 8. The summed E-state index contributed by atoms with van der Waals surface area (Å²) < 4.78 is 29.8. The molecule has 0 saturated carbocycles. The van der Waals surface area contributed by atoms with Crippen molar-refractivity contribution in [3.8, 4) is 34.5 Å². The lowest BCUT2D eigenvalue weighted by Gasteiger charge is -2.27. The Balaban J connectivity index is 1.47. The van der Waals surface area contributed by atoms with Crippen molar-refractivity contribution in [1.82, 2.24) is 4.57 Å². The number of fused-ring (bicyclic) bond motifs is 4. The number of methoxy groups -OCH3 is 3. The number of carbonyl (C=O) groups is 2. The van der Waals surface area contributed by atoms with Gasteiger partial charge in [0.1, 0.15) is 17.2 Å². The highest BCUT2D eigenvalue weighted by Crippen LogP contribution is 2.51. The number of allylic oxidation sites excluding steroid dienone is 1. The molecule has 0 spiro atoms. The summed E-state index contributed by atoms with van der Waals surface area (Å²) in [7, 11) is 6.40. The summed E-state index contributed by atoms with van der Waals surface area (Å²) in [6.07, 6.45) is 3.64. The van der Waals surface area contributed by atoms with E-state index in [9.17, 15) is 14.7 Å². The molecule has 6 rings (SSSR count). The van der Waals surface area contributed by atoms with Crippen LogP contribution in [0.5, 0.6) is 34.5 Å². The fourth-order valence-corrected chi connectivity index (χ4v) is 5.29. The smallest absolute Gasteiger partial charge is 0.312 e. The third-order valence-electron chi connectivity index (χ3n) is 7.20. The van der Waals surface area contributed by atoms with Gasteiger partial charge in [0.05, 0.1) is 33.3 Å². The van der Waals surface area contributed by atoms with Crippen molar-refractivity contribution in [2.75, 3.05) is 21.3 Å². The molecule has 0 unspecified atom stereocenters. The monoisotopic (exact) mass is 527 g/mol. The molecule has 1 N–H and O–H groups in total. The van der Waals surface area contributed by atoms with E-state index in [0.29, 0.717) is 33.9 Å². The highest BCUT2D eigenvalue weighted by atomic mass is 16.5. The van der Waals surface area contributed by atoms with E-state index in [1.165, 1.54) is 14.2 Å². The zero-order valence-corrected chi connectivity index (χ0v) is 21.7. The van der Waals surface area contributed by atoms with Gasteiger partial charge in [-0.2, -0.15) is 0 Å². The first-order valence-electron chi connectivity index (χ1n) is 12.2. The van der Waals surface area contributed by atoms with Crippen molar-refractivity contribution >= 4 is 28.7 Å². The fourth-order valence-electron chi connectivity index (χ4n) is 5.29. The second-order valence-corrected chi connectivity index (χ2v) is 9.38. The number of aromatic hydroxyl groups is 1. The second-order valence-electron chi connectivity index (χ2n) is 9.38. The Morgan fingerprint density at radius 1 is 0.974 bits per heavy atom. The molecule has 1 aromatic heterocycles. The molecule has 198 valence electrons. The number of benzene rings is 3. The predicted octanol–water partition coefficient (Wildman–Crippen LogP) is 4.97. The molecule has 3 aromatic carbocycles. The molecule has 0 bridgehead atoms. The number of phenols is 1. The van der Waals surface area contributed by atoms with E-state index in [0.717, 1.165) is 16.5 Å². The standard InChI is InChI=1S/C30H25NO8/c1-31-14-16(19-12-17(35-2)5-7-21(19)31)11-25-28(33)18-6-8-22-27(30(18)39-25)20(13-26(32)38-22)15-9-23(36-3)29(34)24(10-15)37-4/h5-12,14,20,34H,13H2,1-4H3/b25-11-/t20-/m0/s1. The van der Waals surface area contributed by atoms with Crippen molar-refractivity contribution in [2.24, 2.45) is 7.05 Å². The van der Waals surface area contributed by atoms with Crippen molar-refractivity contribution in [3.63, 3.8) is 0 Å². The van der Waals surface area contributed by atoms with E-state index >= 15 is 0 Å². The van der Waals surface area contributed by atoms with Crippen LogP contribution >= 0.6 is 0 Å². The summed E-state index contributed by atoms with van der Waals surface area (Å²) in [6, 6.07) is 12.3. The van der Waals surface area contributed by atoms with Gasteiger partial charge < -0.3 is 33.4 Å². The quantitative estimate of drug-likeness (QED) is 0.220. The normalized spacial score (nSPS) is 17.0. The Kier molecular flexibility index (Phi) is 5.71. The van der Waals surface area contributed by atoms with Gasteiger partial charge in [-0.05, 0) is 54.1 Å². The predicted molar refractivity (Wildman–Crippen MR) is 142 cm³/mol. The van der Waals surface area contributed by atoms with E-state index < -0.39 is 11.9 Å². The summed E-state index contributed by atoms with van der Waals surface area (Å²) in [4.78, 5) is 26.1. The summed E-state index contributed by atoms with van der Waals surface area (Å²) in [5.41, 5.74) is 3.36. The van der Waals surface area contributed by atoms with Crippen molar-refractivity contribution < 1.29 is 38.4 Å². The lowest BCUT2D eigenvalue weighted by molar-refractivity contribution is -0.135. The van der Waals surface area contributed by atoms with E-state index in [2.05, 4.69) is 0 Å². The van der Waals surface area contributed by atoms with Gasteiger partial charge in [0.15, 0.2) is 17.3 Å². The Bertz CT molecular complexity index is 1690. The van der Waals surface area contributed by atoms with E-state index in [4.69, 9.17) is 23.7 Å². The number of carbonyl (C=O) groups excluding carboxylic acids is 2. The van der Waals surface area contributed by atoms with Crippen LogP contribution < -0.4 is 23.7 Å². The number of hydrogen-bond donors (Lipinski definition) is 1. The van der Waals surface area contributed by atoms with Gasteiger partial charge in [-0.1, -0.05) is 0 Å². The van der Waals surface area contributed by atoms with Gasteiger partial charge in [0, 0.05) is 41.2 Å². The van der Waals surface area contributed by atoms with Crippen LogP contribution in [-0.2, 0) is 11.8 Å². The van der Waals surface area contributed by atoms with Crippen LogP contribution in [0.25, 0.3) is 17.0 Å². The number of phenolic OH excluding ortho intramolecular Hbond substituents is 1. The van der Waals surface area contributed by atoms with E-state index in [1.54, 1.807) is 37.5 Å². The third-order valence-corrected chi connectivity index (χ3v) is 7.20. The molecule has 0 radical (unpaired) electrons. The summed E-state index contributed by atoms with van der Waals surface area (Å²) in [6.45, 7) is 0. The van der Waals surface area contributed by atoms with Crippen LogP contribution in [0.1, 0.15) is 39.4 Å². The number of aromatic nitrogens is 1. The summed E-state index contributed by atoms with van der Waals surface area (Å²) in [5.74, 6) is 0.516. The first kappa shape index (κ1) is 24.4. The Morgan fingerprint density at radius 2 is 1.72 bits per heavy atom. The molecule has 0 fully saturated rings. The number of esters is 1.